The SMILES string of the molecule is CC(C)CN1CCC(CNC(=O)C(C)N)C1.Cl. The summed E-state index contributed by atoms with van der Waals surface area (Å²) in [5.74, 6) is 1.28. The number of nitrogens with two attached hydrogens (primary N) is 1. The molecule has 4 nitrogen and oxygen atoms in total. The van der Waals surface area contributed by atoms with Crippen molar-refractivity contribution in [2.24, 2.45) is 17.6 Å². The molecule has 0 aromatic carbocycles. The summed E-state index contributed by atoms with van der Waals surface area (Å²) >= 11 is 0. The largest absolute Gasteiger partial charge is 0.354 e. The smallest absolute Gasteiger partial charge is 0.236 e. The Balaban J connectivity index is 0.00000256. The fourth-order valence-electron chi connectivity index (χ4n) is 2.17. The quantitative estimate of drug-likeness (QED) is 0.773. The maximum atomic E-state index is 11.3. The molecule has 0 radical (unpaired) electrons. The molecule has 1 rings (SSSR count). The average Bonchev–Trinajstić information content (AvgIpc) is 2.60. The predicted octanol–water partition coefficient (Wildman–Crippen LogP) is 0.850. The van der Waals surface area contributed by atoms with Crippen LogP contribution in [0.3, 0.4) is 0 Å². The number of hydrogen-bond donors (Lipinski definition) is 2. The third-order valence-electron chi connectivity index (χ3n) is 2.97. The standard InChI is InChI=1S/C12H25N3O.ClH/c1-9(2)7-15-5-4-11(8-15)6-14-12(16)10(3)13;/h9-11H,4-8,13H2,1-3H3,(H,14,16);1H. The second kappa shape index (κ2) is 7.90. The molecule has 1 aliphatic rings. The van der Waals surface area contributed by atoms with E-state index in [-0.39, 0.29) is 18.3 Å². The fraction of sp³-hybridized carbons (Fsp3) is 0.917. The Morgan fingerprint density at radius 3 is 2.65 bits per heavy atom. The Labute approximate surface area is 111 Å². The van der Waals surface area contributed by atoms with Gasteiger partial charge in [-0.25, -0.2) is 0 Å². The molecule has 3 N–H and O–H groups in total. The minimum atomic E-state index is -0.395. The van der Waals surface area contributed by atoms with E-state index in [1.165, 1.54) is 6.42 Å². The molecule has 1 saturated heterocycles. The second-order valence-corrected chi connectivity index (χ2v) is 5.34. The molecule has 102 valence electrons. The topological polar surface area (TPSA) is 58.4 Å². The van der Waals surface area contributed by atoms with Crippen LogP contribution in [0.1, 0.15) is 27.2 Å². The summed E-state index contributed by atoms with van der Waals surface area (Å²) in [6.45, 7) is 10.4. The minimum Gasteiger partial charge on any atom is -0.354 e. The molecule has 1 heterocycles. The van der Waals surface area contributed by atoms with Gasteiger partial charge in [-0.2, -0.15) is 0 Å². The van der Waals surface area contributed by atoms with E-state index < -0.39 is 6.04 Å². The monoisotopic (exact) mass is 263 g/mol. The van der Waals surface area contributed by atoms with E-state index in [4.69, 9.17) is 5.73 Å². The van der Waals surface area contributed by atoms with E-state index in [0.717, 1.165) is 32.1 Å². The highest BCUT2D eigenvalue weighted by Crippen LogP contribution is 2.16. The highest BCUT2D eigenvalue weighted by molar-refractivity contribution is 5.85. The molecular formula is C12H26ClN3O. The van der Waals surface area contributed by atoms with Gasteiger partial charge >= 0.3 is 0 Å². The second-order valence-electron chi connectivity index (χ2n) is 5.34. The van der Waals surface area contributed by atoms with Crippen molar-refractivity contribution in [3.8, 4) is 0 Å². The highest BCUT2D eigenvalue weighted by Gasteiger charge is 2.23. The Morgan fingerprint density at radius 1 is 1.47 bits per heavy atom. The Hall–Kier alpha value is -0.320. The number of nitrogens with zero attached hydrogens (tertiary/aromatic N) is 1. The zero-order chi connectivity index (χ0) is 12.1. The van der Waals surface area contributed by atoms with Crippen molar-refractivity contribution in [3.05, 3.63) is 0 Å². The zero-order valence-corrected chi connectivity index (χ0v) is 11.9. The molecule has 1 fully saturated rings. The molecule has 17 heavy (non-hydrogen) atoms. The van der Waals surface area contributed by atoms with E-state index in [2.05, 4.69) is 24.1 Å². The molecule has 0 spiro atoms. The van der Waals surface area contributed by atoms with Crippen LogP contribution in [0.15, 0.2) is 0 Å². The first-order chi connectivity index (χ1) is 7.49. The molecular weight excluding hydrogens is 238 g/mol. The Kier molecular flexibility index (Phi) is 7.75. The summed E-state index contributed by atoms with van der Waals surface area (Å²) in [7, 11) is 0. The molecule has 0 saturated carbocycles. The normalized spacial score (nSPS) is 22.3. The molecule has 2 atom stereocenters. The van der Waals surface area contributed by atoms with Crippen LogP contribution >= 0.6 is 12.4 Å². The van der Waals surface area contributed by atoms with Gasteiger partial charge < -0.3 is 16.0 Å². The van der Waals surface area contributed by atoms with Gasteiger partial charge in [0.05, 0.1) is 6.04 Å². The van der Waals surface area contributed by atoms with Gasteiger partial charge in [0.25, 0.3) is 0 Å². The van der Waals surface area contributed by atoms with Crippen LogP contribution in [0, 0.1) is 11.8 Å². The summed E-state index contributed by atoms with van der Waals surface area (Å²) in [4.78, 5) is 13.8. The van der Waals surface area contributed by atoms with Crippen LogP contribution in [0.25, 0.3) is 0 Å². The Morgan fingerprint density at radius 2 is 2.12 bits per heavy atom. The lowest BCUT2D eigenvalue weighted by Gasteiger charge is -2.18. The van der Waals surface area contributed by atoms with E-state index in [1.54, 1.807) is 6.92 Å². The van der Waals surface area contributed by atoms with Gasteiger partial charge in [0.1, 0.15) is 0 Å². The third-order valence-corrected chi connectivity index (χ3v) is 2.97. The van der Waals surface area contributed by atoms with E-state index >= 15 is 0 Å². The van der Waals surface area contributed by atoms with Crippen LogP contribution in [0.4, 0.5) is 0 Å². The van der Waals surface area contributed by atoms with Crippen molar-refractivity contribution >= 4 is 18.3 Å². The molecule has 5 heteroatoms. The lowest BCUT2D eigenvalue weighted by atomic mass is 10.1. The zero-order valence-electron chi connectivity index (χ0n) is 11.1. The first-order valence-corrected chi connectivity index (χ1v) is 6.24. The van der Waals surface area contributed by atoms with Crippen LogP contribution in [0.5, 0.6) is 0 Å². The summed E-state index contributed by atoms with van der Waals surface area (Å²) < 4.78 is 0. The third kappa shape index (κ3) is 6.24. The number of carbonyl (C=O) groups excluding carboxylic acids is 1. The van der Waals surface area contributed by atoms with E-state index in [1.807, 2.05) is 0 Å². The molecule has 0 aromatic heterocycles. The average molecular weight is 264 g/mol. The molecule has 0 aromatic rings. The van der Waals surface area contributed by atoms with Crippen molar-refractivity contribution in [1.29, 1.82) is 0 Å². The van der Waals surface area contributed by atoms with Crippen LogP contribution in [-0.2, 0) is 4.79 Å². The van der Waals surface area contributed by atoms with Gasteiger partial charge in [0, 0.05) is 19.6 Å². The highest BCUT2D eigenvalue weighted by atomic mass is 35.5. The maximum absolute atomic E-state index is 11.3. The number of amides is 1. The number of likely N-dealkylation sites (tertiary alicyclic amines) is 1. The first kappa shape index (κ1) is 16.7. The van der Waals surface area contributed by atoms with E-state index in [0.29, 0.717) is 5.92 Å². The van der Waals surface area contributed by atoms with Gasteiger partial charge in [-0.05, 0) is 31.7 Å². The molecule has 1 aliphatic heterocycles. The van der Waals surface area contributed by atoms with Crippen molar-refractivity contribution in [2.75, 3.05) is 26.2 Å². The summed E-state index contributed by atoms with van der Waals surface area (Å²) in [5, 5.41) is 2.91. The summed E-state index contributed by atoms with van der Waals surface area (Å²) in [6, 6.07) is -0.395. The number of hydrogen-bond acceptors (Lipinski definition) is 3. The molecule has 0 bridgehead atoms. The van der Waals surface area contributed by atoms with Gasteiger partial charge in [-0.1, -0.05) is 13.8 Å². The fourth-order valence-corrected chi connectivity index (χ4v) is 2.17. The molecule has 1 amide bonds. The lowest BCUT2D eigenvalue weighted by Crippen LogP contribution is -2.41. The van der Waals surface area contributed by atoms with Gasteiger partial charge in [0.2, 0.25) is 5.91 Å². The van der Waals surface area contributed by atoms with Gasteiger partial charge in [-0.15, -0.1) is 12.4 Å². The van der Waals surface area contributed by atoms with E-state index in [9.17, 15) is 4.79 Å². The molecule has 2 unspecified atom stereocenters. The predicted molar refractivity (Wildman–Crippen MR) is 73.3 cm³/mol. The van der Waals surface area contributed by atoms with Crippen LogP contribution in [-0.4, -0.2) is 43.0 Å². The lowest BCUT2D eigenvalue weighted by molar-refractivity contribution is -0.122. The van der Waals surface area contributed by atoms with Crippen LogP contribution < -0.4 is 11.1 Å². The van der Waals surface area contributed by atoms with Crippen molar-refractivity contribution in [1.82, 2.24) is 10.2 Å². The first-order valence-electron chi connectivity index (χ1n) is 6.24. The van der Waals surface area contributed by atoms with Crippen molar-refractivity contribution < 1.29 is 4.79 Å². The maximum Gasteiger partial charge on any atom is 0.236 e. The van der Waals surface area contributed by atoms with Crippen molar-refractivity contribution in [3.63, 3.8) is 0 Å². The van der Waals surface area contributed by atoms with Gasteiger partial charge in [-0.3, -0.25) is 4.79 Å². The summed E-state index contributed by atoms with van der Waals surface area (Å²) in [6.07, 6.45) is 1.19. The number of carbonyl (C=O) groups is 1. The number of halogens is 1. The summed E-state index contributed by atoms with van der Waals surface area (Å²) in [5.41, 5.74) is 5.49. The van der Waals surface area contributed by atoms with Crippen molar-refractivity contribution in [2.45, 2.75) is 33.2 Å². The Bertz CT molecular complexity index is 234. The minimum absolute atomic E-state index is 0. The molecule has 0 aliphatic carbocycles. The van der Waals surface area contributed by atoms with Gasteiger partial charge in [0.15, 0.2) is 0 Å². The number of nitrogens with one attached hydrogen (secondary N) is 1. The number of rotatable bonds is 5. The van der Waals surface area contributed by atoms with Crippen LogP contribution in [0.2, 0.25) is 0 Å².